The van der Waals surface area contributed by atoms with E-state index in [1.54, 1.807) is 0 Å². The lowest BCUT2D eigenvalue weighted by Crippen LogP contribution is -2.41. The van der Waals surface area contributed by atoms with Gasteiger partial charge in [-0.25, -0.2) is 0 Å². The largest absolute Gasteiger partial charge is 0.347 e. The molecule has 0 radical (unpaired) electrons. The maximum absolute atomic E-state index is 12.2. The van der Waals surface area contributed by atoms with E-state index >= 15 is 0 Å². The van der Waals surface area contributed by atoms with Crippen LogP contribution in [-0.2, 0) is 16.8 Å². The Morgan fingerprint density at radius 3 is 2.24 bits per heavy atom. The van der Waals surface area contributed by atoms with Crippen LogP contribution in [-0.4, -0.2) is 5.91 Å². The van der Waals surface area contributed by atoms with Crippen LogP contribution < -0.4 is 5.32 Å². The van der Waals surface area contributed by atoms with Crippen LogP contribution in [0.1, 0.15) is 25.0 Å². The zero-order valence-corrected chi connectivity index (χ0v) is 14.3. The van der Waals surface area contributed by atoms with E-state index in [4.69, 9.17) is 11.6 Å². The van der Waals surface area contributed by atoms with Gasteiger partial charge in [0, 0.05) is 9.50 Å². The van der Waals surface area contributed by atoms with Gasteiger partial charge in [0.1, 0.15) is 0 Å². The van der Waals surface area contributed by atoms with E-state index in [0.29, 0.717) is 11.4 Å². The molecule has 1 amide bonds. The maximum atomic E-state index is 12.2. The molecule has 0 aromatic heterocycles. The van der Waals surface area contributed by atoms with Crippen LogP contribution in [0.2, 0.25) is 5.02 Å². The molecule has 0 aliphatic heterocycles. The number of carbonyl (C=O) groups is 1. The SMILES string of the molecule is CC(C)(NC(=O)Cc1ccc(Br)cc1)c1ccc(Cl)cc1. The zero-order chi connectivity index (χ0) is 15.5. The highest BCUT2D eigenvalue weighted by Crippen LogP contribution is 2.22. The highest BCUT2D eigenvalue weighted by Gasteiger charge is 2.22. The van der Waals surface area contributed by atoms with Crippen LogP contribution in [0.4, 0.5) is 0 Å². The molecule has 4 heteroatoms. The average Bonchev–Trinajstić information content (AvgIpc) is 2.41. The van der Waals surface area contributed by atoms with Gasteiger partial charge in [-0.1, -0.05) is 51.8 Å². The summed E-state index contributed by atoms with van der Waals surface area (Å²) >= 11 is 9.28. The molecule has 0 unspecified atom stereocenters. The van der Waals surface area contributed by atoms with E-state index < -0.39 is 5.54 Å². The molecule has 0 saturated carbocycles. The van der Waals surface area contributed by atoms with Crippen LogP contribution in [0.25, 0.3) is 0 Å². The Labute approximate surface area is 138 Å². The lowest BCUT2D eigenvalue weighted by atomic mass is 9.94. The normalized spacial score (nSPS) is 11.2. The molecule has 0 saturated heterocycles. The van der Waals surface area contributed by atoms with E-state index in [1.807, 2.05) is 62.4 Å². The monoisotopic (exact) mass is 365 g/mol. The number of hydrogen-bond donors (Lipinski definition) is 1. The fraction of sp³-hybridized carbons (Fsp3) is 0.235. The van der Waals surface area contributed by atoms with Crippen molar-refractivity contribution in [2.45, 2.75) is 25.8 Å². The predicted molar refractivity (Wildman–Crippen MR) is 90.5 cm³/mol. The number of rotatable bonds is 4. The summed E-state index contributed by atoms with van der Waals surface area (Å²) in [5, 5.41) is 3.75. The summed E-state index contributed by atoms with van der Waals surface area (Å²) in [6, 6.07) is 15.3. The first-order valence-electron chi connectivity index (χ1n) is 6.68. The molecule has 21 heavy (non-hydrogen) atoms. The van der Waals surface area contributed by atoms with Crippen molar-refractivity contribution in [2.75, 3.05) is 0 Å². The minimum Gasteiger partial charge on any atom is -0.347 e. The van der Waals surface area contributed by atoms with Crippen molar-refractivity contribution in [1.29, 1.82) is 0 Å². The first-order valence-corrected chi connectivity index (χ1v) is 7.85. The second-order valence-electron chi connectivity index (χ2n) is 5.48. The second kappa shape index (κ2) is 6.63. The molecule has 2 aromatic carbocycles. The van der Waals surface area contributed by atoms with Crippen LogP contribution in [0, 0.1) is 0 Å². The van der Waals surface area contributed by atoms with Gasteiger partial charge >= 0.3 is 0 Å². The van der Waals surface area contributed by atoms with E-state index in [1.165, 1.54) is 0 Å². The molecule has 0 bridgehead atoms. The summed E-state index contributed by atoms with van der Waals surface area (Å²) in [5.74, 6) is -0.00253. The first kappa shape index (κ1) is 16.1. The average molecular weight is 367 g/mol. The van der Waals surface area contributed by atoms with Gasteiger partial charge in [-0.2, -0.15) is 0 Å². The lowest BCUT2D eigenvalue weighted by Gasteiger charge is -2.27. The van der Waals surface area contributed by atoms with Gasteiger partial charge in [0.05, 0.1) is 12.0 Å². The third-order valence-corrected chi connectivity index (χ3v) is 4.08. The van der Waals surface area contributed by atoms with E-state index in [9.17, 15) is 4.79 Å². The van der Waals surface area contributed by atoms with Crippen LogP contribution in [0.3, 0.4) is 0 Å². The second-order valence-corrected chi connectivity index (χ2v) is 6.84. The number of nitrogens with one attached hydrogen (secondary N) is 1. The van der Waals surface area contributed by atoms with Gasteiger partial charge in [-0.15, -0.1) is 0 Å². The Morgan fingerprint density at radius 2 is 1.67 bits per heavy atom. The maximum Gasteiger partial charge on any atom is 0.225 e. The van der Waals surface area contributed by atoms with Gasteiger partial charge in [0.2, 0.25) is 5.91 Å². The summed E-state index contributed by atoms with van der Waals surface area (Å²) in [5.41, 5.74) is 1.58. The molecule has 2 nitrogen and oxygen atoms in total. The van der Waals surface area contributed by atoms with Gasteiger partial charge in [-0.05, 0) is 49.2 Å². The van der Waals surface area contributed by atoms with E-state index in [-0.39, 0.29) is 5.91 Å². The van der Waals surface area contributed by atoms with Crippen molar-refractivity contribution in [1.82, 2.24) is 5.32 Å². The van der Waals surface area contributed by atoms with Crippen LogP contribution in [0.15, 0.2) is 53.0 Å². The van der Waals surface area contributed by atoms with E-state index in [2.05, 4.69) is 21.2 Å². The molecule has 0 atom stereocenters. The third-order valence-electron chi connectivity index (χ3n) is 3.30. The Morgan fingerprint density at radius 1 is 1.10 bits per heavy atom. The van der Waals surface area contributed by atoms with Crippen molar-refractivity contribution in [3.05, 3.63) is 69.2 Å². The highest BCUT2D eigenvalue weighted by molar-refractivity contribution is 9.10. The van der Waals surface area contributed by atoms with Crippen molar-refractivity contribution >= 4 is 33.4 Å². The van der Waals surface area contributed by atoms with Gasteiger partial charge in [0.15, 0.2) is 0 Å². The minimum absolute atomic E-state index is 0.00253. The number of amides is 1. The molecule has 0 heterocycles. The molecule has 2 aromatic rings. The molecule has 1 N–H and O–H groups in total. The lowest BCUT2D eigenvalue weighted by molar-refractivity contribution is -0.122. The third kappa shape index (κ3) is 4.58. The van der Waals surface area contributed by atoms with Crippen LogP contribution in [0.5, 0.6) is 0 Å². The van der Waals surface area contributed by atoms with Gasteiger partial charge < -0.3 is 5.32 Å². The summed E-state index contributed by atoms with van der Waals surface area (Å²) in [7, 11) is 0. The summed E-state index contributed by atoms with van der Waals surface area (Å²) in [6.45, 7) is 3.96. The number of benzene rings is 2. The molecular formula is C17H17BrClNO. The molecule has 2 rings (SSSR count). The topological polar surface area (TPSA) is 29.1 Å². The number of hydrogen-bond acceptors (Lipinski definition) is 1. The molecule has 110 valence electrons. The number of halogens is 2. The fourth-order valence-corrected chi connectivity index (χ4v) is 2.51. The van der Waals surface area contributed by atoms with Crippen molar-refractivity contribution in [3.8, 4) is 0 Å². The Hall–Kier alpha value is -1.32. The number of carbonyl (C=O) groups excluding carboxylic acids is 1. The summed E-state index contributed by atoms with van der Waals surface area (Å²) in [4.78, 5) is 12.2. The zero-order valence-electron chi connectivity index (χ0n) is 12.0. The highest BCUT2D eigenvalue weighted by atomic mass is 79.9. The molecule has 0 aliphatic rings. The smallest absolute Gasteiger partial charge is 0.225 e. The van der Waals surface area contributed by atoms with Crippen molar-refractivity contribution in [3.63, 3.8) is 0 Å². The molecule has 0 aliphatic carbocycles. The van der Waals surface area contributed by atoms with Crippen LogP contribution >= 0.6 is 27.5 Å². The van der Waals surface area contributed by atoms with Gasteiger partial charge in [-0.3, -0.25) is 4.79 Å². The van der Waals surface area contributed by atoms with E-state index in [0.717, 1.165) is 15.6 Å². The Bertz CT molecular complexity index is 620. The molecule has 0 fully saturated rings. The summed E-state index contributed by atoms with van der Waals surface area (Å²) < 4.78 is 1.01. The molecule has 0 spiro atoms. The van der Waals surface area contributed by atoms with Crippen molar-refractivity contribution < 1.29 is 4.79 Å². The summed E-state index contributed by atoms with van der Waals surface area (Å²) in [6.07, 6.45) is 0.365. The fourth-order valence-electron chi connectivity index (χ4n) is 2.12. The minimum atomic E-state index is -0.433. The Balaban J connectivity index is 2.03. The predicted octanol–water partition coefficient (Wildman–Crippen LogP) is 4.70. The molecular weight excluding hydrogens is 350 g/mol. The standard InChI is InChI=1S/C17H17BrClNO/c1-17(2,13-5-9-15(19)10-6-13)20-16(21)11-12-3-7-14(18)8-4-12/h3-10H,11H2,1-2H3,(H,20,21). The quantitative estimate of drug-likeness (QED) is 0.835. The Kier molecular flexibility index (Phi) is 5.07. The van der Waals surface area contributed by atoms with Gasteiger partial charge in [0.25, 0.3) is 0 Å². The first-order chi connectivity index (χ1) is 9.87. The van der Waals surface area contributed by atoms with Crippen molar-refractivity contribution in [2.24, 2.45) is 0 Å².